The van der Waals surface area contributed by atoms with Gasteiger partial charge in [-0.25, -0.2) is 19.3 Å². The van der Waals surface area contributed by atoms with Crippen molar-refractivity contribution in [1.29, 1.82) is 0 Å². The third kappa shape index (κ3) is 19.5. The van der Waals surface area contributed by atoms with E-state index in [0.717, 1.165) is 62.2 Å². The Morgan fingerprint density at radius 1 is 0.870 bits per heavy atom. The van der Waals surface area contributed by atoms with Crippen LogP contribution < -0.4 is 35.9 Å². The van der Waals surface area contributed by atoms with Crippen LogP contribution in [0.1, 0.15) is 118 Å². The standard InChI is InChI=1S/C40H68N7O19P3/c1-38(2,18-14-12-10-8-7-9-11-13-15-19-39(3,4)37(53)54)27(48)16-20-42-28(49)17-21-43-35(52)32(51)40(5,6)23-63-69(60,61)66-68(58,59)62-22-26-31(65-67(55,56)57)30(50)36(64-26)47-25-46-29-33(41)44-24-45-34(29)47/h7,9,24-26,30-32,36,50-51H,8,10-23H2,1-6H3,(H,42,49)(H,43,52)(H,53,54)(H,58,59)(H,60,61)(H2,41,44,45)(H2,55,56,57)/p-4/b9-7-. The number of hydrogen-bond donors (Lipinski definition) is 6. The number of nitrogen functional groups attached to an aromatic ring is 1. The quantitative estimate of drug-likeness (QED) is 0.0339. The van der Waals surface area contributed by atoms with E-state index in [9.17, 15) is 67.8 Å². The second kappa shape index (κ2) is 25.7. The lowest BCUT2D eigenvalue weighted by atomic mass is 9.81. The van der Waals surface area contributed by atoms with Crippen LogP contribution in [0.2, 0.25) is 0 Å². The van der Waals surface area contributed by atoms with Crippen LogP contribution in [-0.4, -0.2) is 109 Å². The maximum atomic E-state index is 12.9. The molecule has 1 aliphatic rings. The SMILES string of the molecule is CC(C)(CCCC/C=C\CCCCCC(C)(C)C(=O)CCNC(=O)CCNC(=O)C(O)C(C)(C)COP(=O)([O-])OP(=O)([O-])OCC1OC(n2cnc3c(N)ncnc32)C(O)C1OP(=O)([O-])[O-])C(=O)O. The molecule has 29 heteroatoms. The minimum atomic E-state index is -5.94. The number of rotatable bonds is 32. The Bertz CT molecular complexity index is 2240. The van der Waals surface area contributed by atoms with Gasteiger partial charge in [-0.1, -0.05) is 59.1 Å². The molecule has 2 aromatic rings. The van der Waals surface area contributed by atoms with Crippen molar-refractivity contribution in [2.75, 3.05) is 32.0 Å². The van der Waals surface area contributed by atoms with Crippen LogP contribution in [0.5, 0.6) is 0 Å². The lowest BCUT2D eigenvalue weighted by Gasteiger charge is -2.36. The number of anilines is 1. The molecule has 7 unspecified atom stereocenters. The molecule has 2 aromatic heterocycles. The van der Waals surface area contributed by atoms with Crippen LogP contribution in [0.4, 0.5) is 5.82 Å². The number of phosphoric ester groups is 3. The van der Waals surface area contributed by atoms with Gasteiger partial charge in [-0.15, -0.1) is 0 Å². The summed E-state index contributed by atoms with van der Waals surface area (Å²) in [6.45, 7) is 7.08. The minimum Gasteiger partial charge on any atom is -0.790 e. The van der Waals surface area contributed by atoms with Gasteiger partial charge >= 0.3 is 5.97 Å². The number of aliphatic hydroxyl groups is 2. The first-order valence-corrected chi connectivity index (χ1v) is 26.5. The number of carbonyl (C=O) groups is 4. The predicted octanol–water partition coefficient (Wildman–Crippen LogP) is 1.04. The average molecular weight is 1040 g/mol. The molecule has 0 aliphatic carbocycles. The number of allylic oxidation sites excluding steroid dienone is 2. The van der Waals surface area contributed by atoms with E-state index in [1.54, 1.807) is 13.8 Å². The molecular weight excluding hydrogens is 975 g/mol. The van der Waals surface area contributed by atoms with E-state index in [-0.39, 0.29) is 48.7 Å². The van der Waals surface area contributed by atoms with E-state index >= 15 is 0 Å². The van der Waals surface area contributed by atoms with Crippen LogP contribution >= 0.6 is 23.5 Å². The molecule has 0 radical (unpaired) electrons. The van der Waals surface area contributed by atoms with Crippen LogP contribution in [0.15, 0.2) is 24.8 Å². The summed E-state index contributed by atoms with van der Waals surface area (Å²) in [4.78, 5) is 109. The van der Waals surface area contributed by atoms with E-state index in [0.29, 0.717) is 12.8 Å². The zero-order chi connectivity index (χ0) is 52.0. The Kier molecular flexibility index (Phi) is 22.2. The normalized spacial score (nSPS) is 20.4. The Balaban J connectivity index is 1.36. The smallest absolute Gasteiger partial charge is 0.309 e. The topological polar surface area (TPSA) is 412 Å². The largest absolute Gasteiger partial charge is 0.790 e. The lowest BCUT2D eigenvalue weighted by Crippen LogP contribution is -2.46. The number of aromatic nitrogens is 4. The number of phosphoric acid groups is 3. The van der Waals surface area contributed by atoms with Crippen molar-refractivity contribution in [2.45, 2.75) is 143 Å². The van der Waals surface area contributed by atoms with Crippen molar-refractivity contribution in [3.05, 3.63) is 24.8 Å². The zero-order valence-electron chi connectivity index (χ0n) is 39.4. The number of unbranched alkanes of at least 4 members (excludes halogenated alkanes) is 5. The number of carboxylic acid groups (broad SMARTS) is 1. The molecular formula is C40H64N7O19P3-4. The van der Waals surface area contributed by atoms with Gasteiger partial charge in [-0.2, -0.15) is 0 Å². The van der Waals surface area contributed by atoms with E-state index in [4.69, 9.17) is 10.5 Å². The molecule has 7 N–H and O–H groups in total. The number of fused-ring (bicyclic) bond motifs is 1. The highest BCUT2D eigenvalue weighted by Crippen LogP contribution is 2.56. The van der Waals surface area contributed by atoms with Crippen molar-refractivity contribution in [3.63, 3.8) is 0 Å². The Morgan fingerprint density at radius 3 is 2.10 bits per heavy atom. The molecule has 0 bridgehead atoms. The van der Waals surface area contributed by atoms with Gasteiger partial charge in [0.05, 0.1) is 32.8 Å². The van der Waals surface area contributed by atoms with Crippen LogP contribution in [-0.2, 0) is 55.5 Å². The number of nitrogens with zero attached hydrogens (tertiary/aromatic N) is 4. The van der Waals surface area contributed by atoms with Gasteiger partial charge in [-0.05, 0) is 52.4 Å². The highest BCUT2D eigenvalue weighted by atomic mass is 31.3. The summed E-state index contributed by atoms with van der Waals surface area (Å²) in [5.41, 5.74) is 2.74. The molecule has 0 saturated carbocycles. The molecule has 3 rings (SSSR count). The zero-order valence-corrected chi connectivity index (χ0v) is 42.1. The molecule has 1 aliphatic heterocycles. The first kappa shape index (κ1) is 59.7. The van der Waals surface area contributed by atoms with Crippen LogP contribution in [0.25, 0.3) is 11.2 Å². The van der Waals surface area contributed by atoms with Crippen molar-refractivity contribution in [1.82, 2.24) is 30.2 Å². The highest BCUT2D eigenvalue weighted by Gasteiger charge is 2.47. The number of Topliss-reactive ketones (excluding diaryl/α,β-unsaturated/α-hetero) is 1. The number of nitrogens with two attached hydrogens (primary N) is 1. The number of ether oxygens (including phenoxy) is 1. The number of aliphatic hydroxyl groups excluding tert-OH is 2. The Labute approximate surface area is 399 Å². The average Bonchev–Trinajstić information content (AvgIpc) is 3.80. The predicted molar refractivity (Wildman–Crippen MR) is 236 cm³/mol. The molecule has 69 heavy (non-hydrogen) atoms. The van der Waals surface area contributed by atoms with Gasteiger partial charge in [0, 0.05) is 36.8 Å². The fourth-order valence-corrected chi connectivity index (χ4v) is 9.62. The molecule has 26 nitrogen and oxygen atoms in total. The van der Waals surface area contributed by atoms with Gasteiger partial charge in [-0.3, -0.25) is 32.9 Å². The number of ketones is 1. The van der Waals surface area contributed by atoms with Crippen molar-refractivity contribution < 1.29 is 90.4 Å². The van der Waals surface area contributed by atoms with Crippen LogP contribution in [0.3, 0.4) is 0 Å². The third-order valence-corrected chi connectivity index (χ3v) is 14.3. The summed E-state index contributed by atoms with van der Waals surface area (Å²) < 4.78 is 60.9. The molecule has 0 aromatic carbocycles. The maximum Gasteiger partial charge on any atom is 0.309 e. The monoisotopic (exact) mass is 1040 g/mol. The highest BCUT2D eigenvalue weighted by molar-refractivity contribution is 7.59. The third-order valence-electron chi connectivity index (χ3n) is 11.3. The van der Waals surface area contributed by atoms with E-state index < -0.39 is 101 Å². The van der Waals surface area contributed by atoms with Crippen molar-refractivity contribution in [3.8, 4) is 0 Å². The van der Waals surface area contributed by atoms with Gasteiger partial charge in [0.1, 0.15) is 42.0 Å². The number of carbonyl (C=O) groups excluding carboxylic acids is 3. The second-order valence-corrected chi connectivity index (χ2v) is 22.6. The van der Waals surface area contributed by atoms with E-state index in [1.807, 2.05) is 13.8 Å². The molecule has 3 heterocycles. The van der Waals surface area contributed by atoms with Gasteiger partial charge in [0.15, 0.2) is 17.7 Å². The minimum absolute atomic E-state index is 0.0227. The molecule has 2 amide bonds. The molecule has 0 spiro atoms. The summed E-state index contributed by atoms with van der Waals surface area (Å²) in [7, 11) is -17.7. The van der Waals surface area contributed by atoms with Gasteiger partial charge in [0.25, 0.3) is 15.6 Å². The number of imidazole rings is 1. The second-order valence-electron chi connectivity index (χ2n) is 18.5. The first-order chi connectivity index (χ1) is 31.9. The summed E-state index contributed by atoms with van der Waals surface area (Å²) >= 11 is 0. The number of nitrogens with one attached hydrogen (secondary N) is 2. The van der Waals surface area contributed by atoms with Crippen molar-refractivity contribution >= 4 is 64.0 Å². The number of carboxylic acids is 1. The van der Waals surface area contributed by atoms with E-state index in [2.05, 4.69) is 55.6 Å². The maximum absolute atomic E-state index is 12.9. The summed E-state index contributed by atoms with van der Waals surface area (Å²) in [6, 6.07) is 0. The molecule has 1 fully saturated rings. The first-order valence-electron chi connectivity index (χ1n) is 22.1. The lowest BCUT2D eigenvalue weighted by molar-refractivity contribution is -0.347. The van der Waals surface area contributed by atoms with Gasteiger partial charge < -0.3 is 74.1 Å². The number of amides is 2. The Morgan fingerprint density at radius 2 is 1.46 bits per heavy atom. The molecule has 7 atom stereocenters. The summed E-state index contributed by atoms with van der Waals surface area (Å²) in [6.07, 6.45) is 4.32. The fraction of sp³-hybridized carbons (Fsp3) is 0.725. The summed E-state index contributed by atoms with van der Waals surface area (Å²) in [5.74, 6) is -2.42. The van der Waals surface area contributed by atoms with Gasteiger partial charge in [0.2, 0.25) is 11.8 Å². The number of aliphatic carboxylic acids is 1. The van der Waals surface area contributed by atoms with Crippen LogP contribution in [0, 0.1) is 16.2 Å². The fourth-order valence-electron chi connectivity index (χ4n) is 6.89. The Hall–Kier alpha value is -3.58. The molecule has 1 saturated heterocycles. The summed E-state index contributed by atoms with van der Waals surface area (Å²) in [5, 5.41) is 35.6. The van der Waals surface area contributed by atoms with E-state index in [1.165, 1.54) is 13.8 Å². The number of hydrogen-bond acceptors (Lipinski definition) is 22. The van der Waals surface area contributed by atoms with Crippen molar-refractivity contribution in [2.24, 2.45) is 16.2 Å². The molecule has 392 valence electrons.